The lowest BCUT2D eigenvalue weighted by molar-refractivity contribution is 0.883. The van der Waals surface area contributed by atoms with Crippen molar-refractivity contribution in [2.75, 3.05) is 0 Å². The van der Waals surface area contributed by atoms with Crippen molar-refractivity contribution in [2.45, 2.75) is 10.8 Å². The molecule has 0 bridgehead atoms. The molecule has 5 rings (SSSR count). The standard InChI is InChI=1S/C23H16N4OS/c28-23-18-11-5-7-13-20(18)26-21(27(23)16-8-2-1-3-9-16)14-29-22-17-10-4-6-12-19(17)24-15-25-22/h1-13,15H,14H2. The lowest BCUT2D eigenvalue weighted by Crippen LogP contribution is -2.23. The molecule has 2 aromatic heterocycles. The summed E-state index contributed by atoms with van der Waals surface area (Å²) in [5, 5.41) is 2.48. The van der Waals surface area contributed by atoms with Gasteiger partial charge in [0.15, 0.2) is 0 Å². The van der Waals surface area contributed by atoms with Gasteiger partial charge >= 0.3 is 0 Å². The van der Waals surface area contributed by atoms with E-state index in [4.69, 9.17) is 4.98 Å². The van der Waals surface area contributed by atoms with Crippen LogP contribution in [0, 0.1) is 0 Å². The first-order chi connectivity index (χ1) is 14.3. The molecule has 140 valence electrons. The van der Waals surface area contributed by atoms with Gasteiger partial charge in [0, 0.05) is 5.39 Å². The van der Waals surface area contributed by atoms with Crippen LogP contribution in [0.1, 0.15) is 5.82 Å². The maximum absolute atomic E-state index is 13.3. The van der Waals surface area contributed by atoms with E-state index < -0.39 is 0 Å². The largest absolute Gasteiger partial charge is 0.268 e. The minimum absolute atomic E-state index is 0.0649. The summed E-state index contributed by atoms with van der Waals surface area (Å²) in [6.45, 7) is 0. The number of fused-ring (bicyclic) bond motifs is 2. The van der Waals surface area contributed by atoms with E-state index in [9.17, 15) is 4.79 Å². The van der Waals surface area contributed by atoms with Gasteiger partial charge in [0.2, 0.25) is 0 Å². The van der Waals surface area contributed by atoms with Crippen molar-refractivity contribution >= 4 is 33.6 Å². The molecule has 0 aliphatic rings. The van der Waals surface area contributed by atoms with Gasteiger partial charge in [0.25, 0.3) is 5.56 Å². The van der Waals surface area contributed by atoms with Gasteiger partial charge in [-0.1, -0.05) is 60.3 Å². The van der Waals surface area contributed by atoms with E-state index in [-0.39, 0.29) is 5.56 Å². The molecule has 2 heterocycles. The van der Waals surface area contributed by atoms with Crippen LogP contribution in [-0.2, 0) is 5.75 Å². The molecule has 29 heavy (non-hydrogen) atoms. The van der Waals surface area contributed by atoms with Crippen molar-refractivity contribution in [3.05, 3.63) is 101 Å². The second-order valence-corrected chi connectivity index (χ2v) is 7.47. The lowest BCUT2D eigenvalue weighted by Gasteiger charge is -2.13. The molecule has 0 amide bonds. The molecule has 0 radical (unpaired) electrons. The molecule has 0 N–H and O–H groups in total. The van der Waals surface area contributed by atoms with E-state index in [1.54, 1.807) is 22.7 Å². The first-order valence-corrected chi connectivity index (χ1v) is 10.2. The van der Waals surface area contributed by atoms with Gasteiger partial charge < -0.3 is 0 Å². The van der Waals surface area contributed by atoms with Gasteiger partial charge in [-0.25, -0.2) is 15.0 Å². The maximum Gasteiger partial charge on any atom is 0.265 e. The van der Waals surface area contributed by atoms with Crippen LogP contribution in [0.3, 0.4) is 0 Å². The Bertz CT molecular complexity index is 1380. The van der Waals surface area contributed by atoms with Gasteiger partial charge in [0.05, 0.1) is 27.9 Å². The van der Waals surface area contributed by atoms with Gasteiger partial charge in [-0.3, -0.25) is 9.36 Å². The summed E-state index contributed by atoms with van der Waals surface area (Å²) in [5.41, 5.74) is 2.34. The van der Waals surface area contributed by atoms with Crippen LogP contribution >= 0.6 is 11.8 Å². The molecule has 0 unspecified atom stereocenters. The number of nitrogens with zero attached hydrogens (tertiary/aromatic N) is 4. The molecule has 0 fully saturated rings. The first kappa shape index (κ1) is 17.6. The molecule has 0 saturated carbocycles. The predicted octanol–water partition coefficient (Wildman–Crippen LogP) is 4.62. The van der Waals surface area contributed by atoms with Gasteiger partial charge in [-0.2, -0.15) is 0 Å². The Morgan fingerprint density at radius 3 is 2.28 bits per heavy atom. The highest BCUT2D eigenvalue weighted by atomic mass is 32.2. The fourth-order valence-corrected chi connectivity index (χ4v) is 4.26. The van der Waals surface area contributed by atoms with Crippen LogP contribution in [0.15, 0.2) is 95.0 Å². The average molecular weight is 396 g/mol. The zero-order chi connectivity index (χ0) is 19.6. The van der Waals surface area contributed by atoms with E-state index in [1.165, 1.54) is 0 Å². The quantitative estimate of drug-likeness (QED) is 0.328. The van der Waals surface area contributed by atoms with Crippen molar-refractivity contribution in [1.82, 2.24) is 19.5 Å². The SMILES string of the molecule is O=c1c2ccccc2nc(CSc2ncnc3ccccc23)n1-c1ccccc1. The van der Waals surface area contributed by atoms with E-state index in [0.29, 0.717) is 22.5 Å². The van der Waals surface area contributed by atoms with Crippen LogP contribution in [0.5, 0.6) is 0 Å². The highest BCUT2D eigenvalue weighted by Gasteiger charge is 2.14. The molecule has 0 aliphatic carbocycles. The third-order valence-electron chi connectivity index (χ3n) is 4.70. The summed E-state index contributed by atoms with van der Waals surface area (Å²) in [5.74, 6) is 1.20. The Hall–Kier alpha value is -3.51. The molecule has 5 nitrogen and oxygen atoms in total. The highest BCUT2D eigenvalue weighted by molar-refractivity contribution is 7.98. The third kappa shape index (κ3) is 3.28. The number of hydrogen-bond acceptors (Lipinski definition) is 5. The fourth-order valence-electron chi connectivity index (χ4n) is 3.35. The number of hydrogen-bond donors (Lipinski definition) is 0. The molecule has 0 saturated heterocycles. The number of para-hydroxylation sites is 3. The minimum atomic E-state index is -0.0649. The number of aromatic nitrogens is 4. The summed E-state index contributed by atoms with van der Waals surface area (Å²) >= 11 is 1.56. The van der Waals surface area contributed by atoms with Gasteiger partial charge in [-0.05, 0) is 30.3 Å². The minimum Gasteiger partial charge on any atom is -0.268 e. The fraction of sp³-hybridized carbons (Fsp3) is 0.0435. The summed E-state index contributed by atoms with van der Waals surface area (Å²) in [7, 11) is 0. The second-order valence-electron chi connectivity index (χ2n) is 6.51. The Morgan fingerprint density at radius 1 is 0.759 bits per heavy atom. The third-order valence-corrected chi connectivity index (χ3v) is 5.71. The second kappa shape index (κ2) is 7.48. The predicted molar refractivity (Wildman–Crippen MR) is 116 cm³/mol. The Morgan fingerprint density at radius 2 is 1.45 bits per heavy atom. The zero-order valence-corrected chi connectivity index (χ0v) is 16.2. The molecule has 6 heteroatoms. The van der Waals surface area contributed by atoms with E-state index in [2.05, 4.69) is 9.97 Å². The Labute approximate surface area is 171 Å². The average Bonchev–Trinajstić information content (AvgIpc) is 2.78. The number of benzene rings is 3. The van der Waals surface area contributed by atoms with E-state index in [1.807, 2.05) is 78.9 Å². The Kier molecular flexibility index (Phi) is 4.54. The summed E-state index contributed by atoms with van der Waals surface area (Å²) in [4.78, 5) is 26.8. The van der Waals surface area contributed by atoms with Crippen LogP contribution in [-0.4, -0.2) is 19.5 Å². The molecular formula is C23H16N4OS. The van der Waals surface area contributed by atoms with Crippen LogP contribution in [0.4, 0.5) is 0 Å². The zero-order valence-electron chi connectivity index (χ0n) is 15.4. The highest BCUT2D eigenvalue weighted by Crippen LogP contribution is 2.27. The topological polar surface area (TPSA) is 60.7 Å². The molecule has 3 aromatic carbocycles. The molecular weight excluding hydrogens is 380 g/mol. The molecule has 5 aromatic rings. The van der Waals surface area contributed by atoms with E-state index >= 15 is 0 Å². The summed E-state index contributed by atoms with van der Waals surface area (Å²) in [6.07, 6.45) is 1.57. The maximum atomic E-state index is 13.3. The number of thioether (sulfide) groups is 1. The van der Waals surface area contributed by atoms with Crippen molar-refractivity contribution in [3.63, 3.8) is 0 Å². The molecule has 0 aliphatic heterocycles. The monoisotopic (exact) mass is 396 g/mol. The van der Waals surface area contributed by atoms with Crippen LogP contribution in [0.25, 0.3) is 27.5 Å². The number of rotatable bonds is 4. The smallest absolute Gasteiger partial charge is 0.265 e. The first-order valence-electron chi connectivity index (χ1n) is 9.20. The normalized spacial score (nSPS) is 11.2. The molecule has 0 spiro atoms. The van der Waals surface area contributed by atoms with Crippen molar-refractivity contribution in [3.8, 4) is 5.69 Å². The van der Waals surface area contributed by atoms with Crippen molar-refractivity contribution in [2.24, 2.45) is 0 Å². The lowest BCUT2D eigenvalue weighted by atomic mass is 10.2. The molecule has 0 atom stereocenters. The van der Waals surface area contributed by atoms with Gasteiger partial charge in [-0.15, -0.1) is 0 Å². The van der Waals surface area contributed by atoms with Crippen LogP contribution < -0.4 is 5.56 Å². The summed E-state index contributed by atoms with van der Waals surface area (Å²) in [6, 6.07) is 25.0. The van der Waals surface area contributed by atoms with Crippen LogP contribution in [0.2, 0.25) is 0 Å². The van der Waals surface area contributed by atoms with Crippen molar-refractivity contribution in [1.29, 1.82) is 0 Å². The van der Waals surface area contributed by atoms with Crippen molar-refractivity contribution < 1.29 is 0 Å². The Balaban J connectivity index is 1.63. The van der Waals surface area contributed by atoms with E-state index in [0.717, 1.165) is 21.6 Å². The summed E-state index contributed by atoms with van der Waals surface area (Å²) < 4.78 is 1.69. The van der Waals surface area contributed by atoms with Gasteiger partial charge in [0.1, 0.15) is 17.2 Å².